The lowest BCUT2D eigenvalue weighted by molar-refractivity contribution is 0.0997. The fraction of sp³-hybridized carbons (Fsp3) is 0.222. The number of carbonyl (C=O) groups is 1. The third-order valence-electron chi connectivity index (χ3n) is 4.58. The number of nitrogens with one attached hydrogen (secondary N) is 2. The fourth-order valence-electron chi connectivity index (χ4n) is 3.19. The van der Waals surface area contributed by atoms with Gasteiger partial charge in [0, 0.05) is 41.7 Å². The Hall–Kier alpha value is -3.24. The molecule has 1 aliphatic heterocycles. The van der Waals surface area contributed by atoms with Crippen molar-refractivity contribution < 1.29 is 13.9 Å². The molecular weight excluding hydrogens is 380 g/mol. The molecule has 2 N–H and O–H groups in total. The summed E-state index contributed by atoms with van der Waals surface area (Å²) in [4.78, 5) is 17.3. The maximum Gasteiger partial charge on any atom is 0.292 e. The summed E-state index contributed by atoms with van der Waals surface area (Å²) in [5.74, 6) is -0.148. The highest BCUT2D eigenvalue weighted by molar-refractivity contribution is 7.13. The van der Waals surface area contributed by atoms with Crippen LogP contribution in [0, 0.1) is 0 Å². The quantitative estimate of drug-likeness (QED) is 0.536. The predicted molar refractivity (Wildman–Crippen MR) is 102 cm³/mol. The number of furan rings is 1. The van der Waals surface area contributed by atoms with Crippen molar-refractivity contribution in [2.75, 3.05) is 18.5 Å². The summed E-state index contributed by atoms with van der Waals surface area (Å²) in [5, 5.41) is 16.9. The van der Waals surface area contributed by atoms with E-state index in [1.807, 2.05) is 16.3 Å². The van der Waals surface area contributed by atoms with Gasteiger partial charge in [0.25, 0.3) is 5.91 Å². The monoisotopic (exact) mass is 396 g/mol. The van der Waals surface area contributed by atoms with Crippen LogP contribution in [0.2, 0.25) is 0 Å². The Bertz CT molecular complexity index is 1080. The highest BCUT2D eigenvalue weighted by atomic mass is 32.1. The molecule has 0 spiro atoms. The van der Waals surface area contributed by atoms with E-state index in [2.05, 4.69) is 25.6 Å². The van der Waals surface area contributed by atoms with Crippen LogP contribution < -0.4 is 5.32 Å². The number of rotatable bonds is 5. The molecule has 1 unspecified atom stereocenters. The topological polar surface area (TPSA) is 111 Å². The second kappa shape index (κ2) is 7.06. The van der Waals surface area contributed by atoms with E-state index in [4.69, 9.17) is 9.15 Å². The largest absolute Gasteiger partial charge is 0.459 e. The average Bonchev–Trinajstić information content (AvgIpc) is 3.54. The molecular formula is C18H16N6O3S. The molecule has 5 rings (SSSR count). The van der Waals surface area contributed by atoms with E-state index < -0.39 is 0 Å². The van der Waals surface area contributed by atoms with Gasteiger partial charge in [0.1, 0.15) is 10.7 Å². The van der Waals surface area contributed by atoms with Crippen LogP contribution in [-0.4, -0.2) is 44.1 Å². The first-order valence-corrected chi connectivity index (χ1v) is 9.62. The number of aromatic nitrogens is 5. The van der Waals surface area contributed by atoms with Crippen LogP contribution in [0.5, 0.6) is 0 Å². The molecule has 10 heteroatoms. The zero-order chi connectivity index (χ0) is 18.9. The summed E-state index contributed by atoms with van der Waals surface area (Å²) >= 11 is 1.47. The Morgan fingerprint density at radius 1 is 1.43 bits per heavy atom. The van der Waals surface area contributed by atoms with Gasteiger partial charge in [-0.2, -0.15) is 10.2 Å². The van der Waals surface area contributed by atoms with E-state index in [0.717, 1.165) is 17.0 Å². The van der Waals surface area contributed by atoms with Crippen LogP contribution >= 0.6 is 11.3 Å². The molecule has 28 heavy (non-hydrogen) atoms. The van der Waals surface area contributed by atoms with Gasteiger partial charge in [-0.25, -0.2) is 4.98 Å². The predicted octanol–water partition coefficient (Wildman–Crippen LogP) is 3.20. The first-order chi connectivity index (χ1) is 13.8. The van der Waals surface area contributed by atoms with Crippen molar-refractivity contribution in [2.45, 2.75) is 12.5 Å². The van der Waals surface area contributed by atoms with Crippen molar-refractivity contribution in [3.05, 3.63) is 48.3 Å². The van der Waals surface area contributed by atoms with Gasteiger partial charge in [-0.15, -0.1) is 11.3 Å². The number of aromatic amines is 1. The molecule has 0 bridgehead atoms. The molecule has 1 saturated heterocycles. The van der Waals surface area contributed by atoms with Crippen molar-refractivity contribution in [3.8, 4) is 21.8 Å². The molecule has 1 fully saturated rings. The van der Waals surface area contributed by atoms with Crippen LogP contribution in [0.4, 0.5) is 5.69 Å². The van der Waals surface area contributed by atoms with Gasteiger partial charge in [-0.1, -0.05) is 0 Å². The molecule has 9 nitrogen and oxygen atoms in total. The van der Waals surface area contributed by atoms with E-state index in [9.17, 15) is 4.79 Å². The molecule has 0 aromatic carbocycles. The van der Waals surface area contributed by atoms with Gasteiger partial charge >= 0.3 is 0 Å². The van der Waals surface area contributed by atoms with Crippen LogP contribution in [0.15, 0.2) is 46.9 Å². The zero-order valence-corrected chi connectivity index (χ0v) is 15.5. The van der Waals surface area contributed by atoms with Gasteiger partial charge in [0.15, 0.2) is 5.76 Å². The van der Waals surface area contributed by atoms with Gasteiger partial charge < -0.3 is 14.5 Å². The molecule has 4 aromatic heterocycles. The van der Waals surface area contributed by atoms with Gasteiger partial charge in [-0.05, 0) is 12.5 Å². The van der Waals surface area contributed by atoms with Crippen LogP contribution in [-0.2, 0) is 4.74 Å². The lowest BCUT2D eigenvalue weighted by Gasteiger charge is -2.06. The Labute approximate surface area is 163 Å². The first kappa shape index (κ1) is 16.9. The number of anilines is 1. The van der Waals surface area contributed by atoms with E-state index in [0.29, 0.717) is 30.2 Å². The third-order valence-corrected chi connectivity index (χ3v) is 5.36. The Balaban J connectivity index is 1.48. The second-order valence-corrected chi connectivity index (χ2v) is 7.23. The summed E-state index contributed by atoms with van der Waals surface area (Å²) in [6.07, 6.45) is 9.26. The van der Waals surface area contributed by atoms with Crippen molar-refractivity contribution in [2.24, 2.45) is 0 Å². The standard InChI is InChI=1S/C18H16N6O3S/c25-17(16-13(2-5-27-16)11-7-20-21-8-11)22-14-9-24(12-1-4-26-10-12)23-15(14)18-19-3-6-28-18/h2-3,5-9,12H,1,4,10H2,(H,20,21)(H,22,25). The summed E-state index contributed by atoms with van der Waals surface area (Å²) in [6, 6.07) is 1.88. The Kier molecular flexibility index (Phi) is 4.26. The average molecular weight is 396 g/mol. The number of thiazole rings is 1. The normalized spacial score (nSPS) is 16.5. The van der Waals surface area contributed by atoms with Crippen molar-refractivity contribution in [1.29, 1.82) is 0 Å². The minimum Gasteiger partial charge on any atom is -0.459 e. The zero-order valence-electron chi connectivity index (χ0n) is 14.7. The van der Waals surface area contributed by atoms with E-state index in [-0.39, 0.29) is 17.7 Å². The minimum atomic E-state index is -0.360. The lowest BCUT2D eigenvalue weighted by Crippen LogP contribution is -2.12. The second-order valence-electron chi connectivity index (χ2n) is 6.33. The third kappa shape index (κ3) is 3.02. The number of hydrogen-bond acceptors (Lipinski definition) is 7. The lowest BCUT2D eigenvalue weighted by atomic mass is 10.1. The molecule has 0 saturated carbocycles. The number of nitrogens with zero attached hydrogens (tertiary/aromatic N) is 4. The summed E-state index contributed by atoms with van der Waals surface area (Å²) in [7, 11) is 0. The van der Waals surface area contributed by atoms with Crippen molar-refractivity contribution in [3.63, 3.8) is 0 Å². The molecule has 1 amide bonds. The smallest absolute Gasteiger partial charge is 0.292 e. The fourth-order valence-corrected chi connectivity index (χ4v) is 3.82. The maximum absolute atomic E-state index is 12.9. The van der Waals surface area contributed by atoms with Gasteiger partial charge in [-0.3, -0.25) is 14.6 Å². The molecule has 4 aromatic rings. The minimum absolute atomic E-state index is 0.148. The number of ether oxygens (including phenoxy) is 1. The SMILES string of the molecule is O=C(Nc1cn(C2CCOC2)nc1-c1nccs1)c1occc1-c1cn[nH]c1. The van der Waals surface area contributed by atoms with Gasteiger partial charge in [0.05, 0.1) is 30.8 Å². The highest BCUT2D eigenvalue weighted by Crippen LogP contribution is 2.32. The van der Waals surface area contributed by atoms with Crippen LogP contribution in [0.1, 0.15) is 23.0 Å². The van der Waals surface area contributed by atoms with E-state index in [1.54, 1.807) is 24.7 Å². The number of H-pyrrole nitrogens is 1. The molecule has 142 valence electrons. The summed E-state index contributed by atoms with van der Waals surface area (Å²) in [6.45, 7) is 1.31. The Morgan fingerprint density at radius 2 is 2.39 bits per heavy atom. The van der Waals surface area contributed by atoms with Gasteiger partial charge in [0.2, 0.25) is 0 Å². The summed E-state index contributed by atoms with van der Waals surface area (Å²) in [5.41, 5.74) is 2.66. The van der Waals surface area contributed by atoms with Crippen molar-refractivity contribution >= 4 is 22.9 Å². The first-order valence-electron chi connectivity index (χ1n) is 8.74. The van der Waals surface area contributed by atoms with E-state index >= 15 is 0 Å². The molecule has 0 aliphatic carbocycles. The number of amides is 1. The Morgan fingerprint density at radius 3 is 3.14 bits per heavy atom. The van der Waals surface area contributed by atoms with Crippen molar-refractivity contribution in [1.82, 2.24) is 25.0 Å². The molecule has 1 atom stereocenters. The highest BCUT2D eigenvalue weighted by Gasteiger charge is 2.25. The number of carbonyl (C=O) groups excluding carboxylic acids is 1. The molecule has 1 aliphatic rings. The molecule has 5 heterocycles. The van der Waals surface area contributed by atoms with E-state index in [1.165, 1.54) is 17.6 Å². The van der Waals surface area contributed by atoms with Crippen LogP contribution in [0.3, 0.4) is 0 Å². The maximum atomic E-state index is 12.9. The molecule has 0 radical (unpaired) electrons. The van der Waals surface area contributed by atoms with Crippen LogP contribution in [0.25, 0.3) is 21.8 Å². The number of hydrogen-bond donors (Lipinski definition) is 2. The summed E-state index contributed by atoms with van der Waals surface area (Å²) < 4.78 is 12.8.